The number of esters is 1. The number of ether oxygens (including phenoxy) is 2. The zero-order valence-electron chi connectivity index (χ0n) is 19.1. The number of anilines is 1. The summed E-state index contributed by atoms with van der Waals surface area (Å²) in [4.78, 5) is 24.6. The normalized spacial score (nSPS) is 12.1. The molecule has 0 spiro atoms. The first-order chi connectivity index (χ1) is 16.3. The van der Waals surface area contributed by atoms with E-state index in [2.05, 4.69) is 10.1 Å². The second kappa shape index (κ2) is 11.0. The summed E-state index contributed by atoms with van der Waals surface area (Å²) in [7, 11) is 0.414. The summed E-state index contributed by atoms with van der Waals surface area (Å²) in [6.07, 6.45) is -0.131. The highest BCUT2D eigenvalue weighted by Gasteiger charge is 2.31. The summed E-state index contributed by atoms with van der Waals surface area (Å²) in [5.41, 5.74) is 1.46. The van der Waals surface area contributed by atoms with Crippen LogP contribution in [0.2, 0.25) is 0 Å². The summed E-state index contributed by atoms with van der Waals surface area (Å²) < 4.78 is 37.6. The second-order valence-electron chi connectivity index (χ2n) is 7.44. The van der Waals surface area contributed by atoms with Crippen molar-refractivity contribution in [1.29, 1.82) is 0 Å². The molecular weight excluding hydrogens is 456 g/mol. The average Bonchev–Trinajstić information content (AvgIpc) is 2.87. The molecule has 0 bridgehead atoms. The third-order valence-corrected chi connectivity index (χ3v) is 7.21. The molecule has 178 valence electrons. The van der Waals surface area contributed by atoms with Gasteiger partial charge in [-0.05, 0) is 54.1 Å². The van der Waals surface area contributed by atoms with Crippen molar-refractivity contribution in [1.82, 2.24) is 4.31 Å². The Balaban J connectivity index is 1.86. The standard InChI is InChI=1S/C25H26N2O6S/c1-27(34(30,31)22-7-5-4-6-8-22)23(18-11-15-21(32-2)16-12-18)17-24(28)26-20-13-9-19(10-14-20)25(29)33-3/h4-16,23H,17H2,1-3H3,(H,26,28)/t23-/m1/s1. The molecule has 1 amide bonds. The average molecular weight is 483 g/mol. The Hall–Kier alpha value is -3.69. The molecule has 34 heavy (non-hydrogen) atoms. The van der Waals surface area contributed by atoms with Crippen molar-refractivity contribution in [3.63, 3.8) is 0 Å². The highest BCUT2D eigenvalue weighted by molar-refractivity contribution is 7.89. The lowest BCUT2D eigenvalue weighted by atomic mass is 10.0. The van der Waals surface area contributed by atoms with Crippen molar-refractivity contribution in [2.24, 2.45) is 0 Å². The van der Waals surface area contributed by atoms with Gasteiger partial charge in [0.1, 0.15) is 5.75 Å². The summed E-state index contributed by atoms with van der Waals surface area (Å²) in [6, 6.07) is 20.4. The molecule has 0 fully saturated rings. The van der Waals surface area contributed by atoms with Crippen molar-refractivity contribution < 1.29 is 27.5 Å². The van der Waals surface area contributed by atoms with E-state index in [9.17, 15) is 18.0 Å². The fourth-order valence-corrected chi connectivity index (χ4v) is 4.77. The number of sulfonamides is 1. The maximum Gasteiger partial charge on any atom is 0.337 e. The van der Waals surface area contributed by atoms with Gasteiger partial charge in [0.05, 0.1) is 30.7 Å². The molecule has 8 nitrogen and oxygen atoms in total. The number of carbonyl (C=O) groups excluding carboxylic acids is 2. The Labute approximate surface area is 199 Å². The van der Waals surface area contributed by atoms with Gasteiger partial charge in [-0.2, -0.15) is 4.31 Å². The number of nitrogens with zero attached hydrogens (tertiary/aromatic N) is 1. The van der Waals surface area contributed by atoms with Crippen LogP contribution in [0.1, 0.15) is 28.4 Å². The van der Waals surface area contributed by atoms with Gasteiger partial charge in [-0.3, -0.25) is 4.79 Å². The Bertz CT molecular complexity index is 1230. The van der Waals surface area contributed by atoms with Gasteiger partial charge in [-0.25, -0.2) is 13.2 Å². The molecule has 0 heterocycles. The molecule has 3 rings (SSSR count). The topological polar surface area (TPSA) is 102 Å². The second-order valence-corrected chi connectivity index (χ2v) is 9.44. The quantitative estimate of drug-likeness (QED) is 0.465. The van der Waals surface area contributed by atoms with Crippen molar-refractivity contribution in [2.45, 2.75) is 17.4 Å². The van der Waals surface area contributed by atoms with Gasteiger partial charge in [0.25, 0.3) is 0 Å². The van der Waals surface area contributed by atoms with Crippen LogP contribution < -0.4 is 10.1 Å². The number of methoxy groups -OCH3 is 2. The van der Waals surface area contributed by atoms with Crippen LogP contribution in [-0.4, -0.2) is 45.9 Å². The van der Waals surface area contributed by atoms with Crippen LogP contribution in [0.4, 0.5) is 5.69 Å². The van der Waals surface area contributed by atoms with E-state index >= 15 is 0 Å². The fraction of sp³-hybridized carbons (Fsp3) is 0.200. The number of rotatable bonds is 9. The largest absolute Gasteiger partial charge is 0.497 e. The van der Waals surface area contributed by atoms with E-state index in [-0.39, 0.29) is 17.2 Å². The summed E-state index contributed by atoms with van der Waals surface area (Å²) >= 11 is 0. The predicted molar refractivity (Wildman–Crippen MR) is 128 cm³/mol. The molecule has 0 saturated heterocycles. The first-order valence-corrected chi connectivity index (χ1v) is 11.9. The third kappa shape index (κ3) is 5.81. The number of amides is 1. The minimum Gasteiger partial charge on any atom is -0.497 e. The molecule has 0 aliphatic carbocycles. The van der Waals surface area contributed by atoms with Crippen LogP contribution >= 0.6 is 0 Å². The van der Waals surface area contributed by atoms with Crippen molar-refractivity contribution in [3.8, 4) is 5.75 Å². The zero-order chi connectivity index (χ0) is 24.7. The van der Waals surface area contributed by atoms with Gasteiger partial charge >= 0.3 is 5.97 Å². The lowest BCUT2D eigenvalue weighted by molar-refractivity contribution is -0.117. The predicted octanol–water partition coefficient (Wildman–Crippen LogP) is 3.87. The summed E-state index contributed by atoms with van der Waals surface area (Å²) in [5, 5.41) is 2.76. The first kappa shape index (κ1) is 24.9. The molecule has 0 aromatic heterocycles. The van der Waals surface area contributed by atoms with E-state index in [1.807, 2.05) is 0 Å². The zero-order valence-corrected chi connectivity index (χ0v) is 19.9. The number of nitrogens with one attached hydrogen (secondary N) is 1. The smallest absolute Gasteiger partial charge is 0.337 e. The van der Waals surface area contributed by atoms with Crippen LogP contribution in [0, 0.1) is 0 Å². The van der Waals surface area contributed by atoms with Gasteiger partial charge in [0.15, 0.2) is 0 Å². The SMILES string of the molecule is COC(=O)c1ccc(NC(=O)C[C@H](c2ccc(OC)cc2)N(C)S(=O)(=O)c2ccccc2)cc1. The van der Waals surface area contributed by atoms with E-state index in [0.717, 1.165) is 0 Å². The van der Waals surface area contributed by atoms with E-state index in [1.54, 1.807) is 54.6 Å². The number of hydrogen-bond acceptors (Lipinski definition) is 6. The van der Waals surface area contributed by atoms with Crippen LogP contribution in [0.15, 0.2) is 83.8 Å². The minimum atomic E-state index is -3.87. The van der Waals surface area contributed by atoms with E-state index < -0.39 is 22.0 Å². The Kier molecular flexibility index (Phi) is 8.04. The number of benzene rings is 3. The molecule has 0 radical (unpaired) electrons. The van der Waals surface area contributed by atoms with Crippen LogP contribution in [0.25, 0.3) is 0 Å². The molecule has 0 unspecified atom stereocenters. The van der Waals surface area contributed by atoms with Gasteiger partial charge in [0, 0.05) is 19.2 Å². The van der Waals surface area contributed by atoms with Gasteiger partial charge in [0.2, 0.25) is 15.9 Å². The van der Waals surface area contributed by atoms with E-state index in [0.29, 0.717) is 22.6 Å². The van der Waals surface area contributed by atoms with Crippen molar-refractivity contribution in [2.75, 3.05) is 26.6 Å². The fourth-order valence-electron chi connectivity index (χ4n) is 3.40. The summed E-state index contributed by atoms with van der Waals surface area (Å²) in [6.45, 7) is 0. The van der Waals surface area contributed by atoms with Crippen molar-refractivity contribution in [3.05, 3.63) is 90.0 Å². The maximum atomic E-state index is 13.3. The van der Waals surface area contributed by atoms with Crippen molar-refractivity contribution >= 4 is 27.6 Å². The van der Waals surface area contributed by atoms with Crippen LogP contribution in [0.5, 0.6) is 5.75 Å². The molecule has 9 heteroatoms. The lowest BCUT2D eigenvalue weighted by Crippen LogP contribution is -2.33. The Morgan fingerprint density at radius 1 is 0.912 bits per heavy atom. The molecule has 3 aromatic carbocycles. The molecule has 0 aliphatic heterocycles. The summed E-state index contributed by atoms with van der Waals surface area (Å²) in [5.74, 6) is -0.252. The van der Waals surface area contributed by atoms with Gasteiger partial charge in [-0.1, -0.05) is 30.3 Å². The molecule has 1 N–H and O–H groups in total. The highest BCUT2D eigenvalue weighted by Crippen LogP contribution is 2.30. The number of carbonyl (C=O) groups is 2. The Morgan fingerprint density at radius 2 is 1.53 bits per heavy atom. The van der Waals surface area contributed by atoms with Gasteiger partial charge in [-0.15, -0.1) is 0 Å². The molecule has 3 aromatic rings. The van der Waals surface area contributed by atoms with E-state index in [4.69, 9.17) is 4.74 Å². The van der Waals surface area contributed by atoms with Crippen LogP contribution in [0.3, 0.4) is 0 Å². The Morgan fingerprint density at radius 3 is 2.09 bits per heavy atom. The van der Waals surface area contributed by atoms with Crippen LogP contribution in [-0.2, 0) is 19.6 Å². The van der Waals surface area contributed by atoms with E-state index in [1.165, 1.54) is 49.8 Å². The third-order valence-electron chi connectivity index (χ3n) is 5.33. The molecule has 1 atom stereocenters. The highest BCUT2D eigenvalue weighted by atomic mass is 32.2. The molecule has 0 aliphatic rings. The first-order valence-electron chi connectivity index (χ1n) is 10.4. The lowest BCUT2D eigenvalue weighted by Gasteiger charge is -2.28. The minimum absolute atomic E-state index is 0.131. The molecule has 0 saturated carbocycles. The molecular formula is C25H26N2O6S. The maximum absolute atomic E-state index is 13.3. The monoisotopic (exact) mass is 482 g/mol. The number of hydrogen-bond donors (Lipinski definition) is 1. The van der Waals surface area contributed by atoms with Gasteiger partial charge < -0.3 is 14.8 Å².